The lowest BCUT2D eigenvalue weighted by molar-refractivity contribution is -0.120. The minimum absolute atomic E-state index is 0.105. The third-order valence-corrected chi connectivity index (χ3v) is 1.54. The van der Waals surface area contributed by atoms with Gasteiger partial charge in [-0.25, -0.2) is 0 Å². The van der Waals surface area contributed by atoms with Crippen molar-refractivity contribution in [3.8, 4) is 0 Å². The predicted octanol–water partition coefficient (Wildman–Crippen LogP) is 0.0148. The van der Waals surface area contributed by atoms with Gasteiger partial charge in [0.05, 0.1) is 0 Å². The number of ether oxygens (including phenoxy) is 1. The van der Waals surface area contributed by atoms with E-state index in [0.29, 0.717) is 4.99 Å². The topological polar surface area (TPSA) is 38.3 Å². The van der Waals surface area contributed by atoms with Crippen LogP contribution in [0.15, 0.2) is 12.3 Å². The van der Waals surface area contributed by atoms with Gasteiger partial charge in [-0.3, -0.25) is 4.79 Å². The van der Waals surface area contributed by atoms with Crippen molar-refractivity contribution in [3.63, 3.8) is 0 Å². The zero-order valence-electron chi connectivity index (χ0n) is 5.46. The molecule has 1 N–H and O–H groups in total. The molecule has 1 rings (SSSR count). The van der Waals surface area contributed by atoms with Gasteiger partial charge in [-0.05, 0) is 0 Å². The number of nitrogens with one attached hydrogen (secondary N) is 1. The van der Waals surface area contributed by atoms with E-state index < -0.39 is 6.10 Å². The number of methoxy groups -OCH3 is 1. The SMILES string of the molecule is COC1C(=O)C=CNC1=S. The molecule has 4 heteroatoms. The summed E-state index contributed by atoms with van der Waals surface area (Å²) < 4.78 is 4.81. The Balaban J connectivity index is 2.77. The van der Waals surface area contributed by atoms with Crippen LogP contribution in [0.5, 0.6) is 0 Å². The molecule has 10 heavy (non-hydrogen) atoms. The minimum atomic E-state index is -0.583. The highest BCUT2D eigenvalue weighted by atomic mass is 32.1. The second kappa shape index (κ2) is 2.90. The molecular formula is C6H7NO2S. The quantitative estimate of drug-likeness (QED) is 0.544. The van der Waals surface area contributed by atoms with Crippen LogP contribution in [-0.4, -0.2) is 24.0 Å². The Morgan fingerprint density at radius 1 is 1.80 bits per heavy atom. The number of rotatable bonds is 1. The lowest BCUT2D eigenvalue weighted by Gasteiger charge is -2.16. The summed E-state index contributed by atoms with van der Waals surface area (Å²) in [5, 5.41) is 2.72. The van der Waals surface area contributed by atoms with Crippen molar-refractivity contribution in [2.24, 2.45) is 0 Å². The molecule has 0 radical (unpaired) electrons. The van der Waals surface area contributed by atoms with Gasteiger partial charge in [0.15, 0.2) is 11.9 Å². The maximum atomic E-state index is 10.9. The second-order valence-corrected chi connectivity index (χ2v) is 2.30. The predicted molar refractivity (Wildman–Crippen MR) is 40.7 cm³/mol. The molecule has 1 aliphatic rings. The maximum Gasteiger partial charge on any atom is 0.192 e. The number of carbonyl (C=O) groups excluding carboxylic acids is 1. The van der Waals surface area contributed by atoms with E-state index in [-0.39, 0.29) is 5.78 Å². The van der Waals surface area contributed by atoms with Crippen LogP contribution >= 0.6 is 12.2 Å². The van der Waals surface area contributed by atoms with Gasteiger partial charge in [0.1, 0.15) is 4.99 Å². The highest BCUT2D eigenvalue weighted by molar-refractivity contribution is 7.80. The summed E-state index contributed by atoms with van der Waals surface area (Å²) in [5.41, 5.74) is 0. The van der Waals surface area contributed by atoms with Gasteiger partial charge in [-0.15, -0.1) is 0 Å². The lowest BCUT2D eigenvalue weighted by Crippen LogP contribution is -2.40. The van der Waals surface area contributed by atoms with Crippen LogP contribution in [0.1, 0.15) is 0 Å². The van der Waals surface area contributed by atoms with Crippen LogP contribution in [0.4, 0.5) is 0 Å². The summed E-state index contributed by atoms with van der Waals surface area (Å²) in [4.78, 5) is 11.3. The first kappa shape index (κ1) is 7.37. The summed E-state index contributed by atoms with van der Waals surface area (Å²) >= 11 is 4.80. The Bertz CT molecular complexity index is 200. The first-order chi connectivity index (χ1) is 4.75. The molecular weight excluding hydrogens is 150 g/mol. The first-order valence-electron chi connectivity index (χ1n) is 2.79. The Kier molecular flexibility index (Phi) is 2.13. The molecule has 0 aromatic heterocycles. The third-order valence-electron chi connectivity index (χ3n) is 1.21. The van der Waals surface area contributed by atoms with E-state index in [9.17, 15) is 4.79 Å². The molecule has 1 atom stereocenters. The fraction of sp³-hybridized carbons (Fsp3) is 0.333. The normalized spacial score (nSPS) is 24.7. The molecule has 0 saturated carbocycles. The molecule has 0 aliphatic carbocycles. The van der Waals surface area contributed by atoms with E-state index in [1.165, 1.54) is 19.4 Å². The molecule has 3 nitrogen and oxygen atoms in total. The monoisotopic (exact) mass is 157 g/mol. The molecule has 0 aromatic carbocycles. The summed E-state index contributed by atoms with van der Waals surface area (Å²) in [7, 11) is 1.45. The van der Waals surface area contributed by atoms with E-state index in [4.69, 9.17) is 17.0 Å². The van der Waals surface area contributed by atoms with Crippen molar-refractivity contribution in [2.75, 3.05) is 7.11 Å². The van der Waals surface area contributed by atoms with Gasteiger partial charge < -0.3 is 10.1 Å². The fourth-order valence-corrected chi connectivity index (χ4v) is 1.00. The Morgan fingerprint density at radius 3 is 2.90 bits per heavy atom. The Morgan fingerprint density at radius 2 is 2.50 bits per heavy atom. The van der Waals surface area contributed by atoms with Crippen LogP contribution in [0.25, 0.3) is 0 Å². The largest absolute Gasteiger partial charge is 0.366 e. The molecule has 0 fully saturated rings. The van der Waals surface area contributed by atoms with Crippen molar-refractivity contribution >= 4 is 23.0 Å². The highest BCUT2D eigenvalue weighted by Crippen LogP contribution is 2.00. The molecule has 0 spiro atoms. The zero-order valence-corrected chi connectivity index (χ0v) is 6.27. The van der Waals surface area contributed by atoms with Gasteiger partial charge in [0, 0.05) is 19.4 Å². The fourth-order valence-electron chi connectivity index (χ4n) is 0.721. The van der Waals surface area contributed by atoms with Crippen molar-refractivity contribution < 1.29 is 9.53 Å². The van der Waals surface area contributed by atoms with Crippen LogP contribution in [-0.2, 0) is 9.53 Å². The second-order valence-electron chi connectivity index (χ2n) is 1.86. The average molecular weight is 157 g/mol. The molecule has 1 heterocycles. The van der Waals surface area contributed by atoms with E-state index in [0.717, 1.165) is 0 Å². The van der Waals surface area contributed by atoms with Crippen molar-refractivity contribution in [1.29, 1.82) is 0 Å². The standard InChI is InChI=1S/C6H7NO2S/c1-9-5-4(8)2-3-7-6(5)10/h2-3,5H,1H3,(H,7,10). The molecule has 0 aromatic rings. The number of carbonyl (C=O) groups is 1. The summed E-state index contributed by atoms with van der Waals surface area (Å²) in [5.74, 6) is -0.105. The molecule has 0 bridgehead atoms. The first-order valence-corrected chi connectivity index (χ1v) is 3.20. The maximum absolute atomic E-state index is 10.9. The molecule has 1 unspecified atom stereocenters. The third kappa shape index (κ3) is 1.22. The number of hydrogen-bond acceptors (Lipinski definition) is 3. The zero-order chi connectivity index (χ0) is 7.56. The number of hydrogen-bond donors (Lipinski definition) is 1. The van der Waals surface area contributed by atoms with Crippen LogP contribution < -0.4 is 5.32 Å². The Hall–Kier alpha value is -0.740. The van der Waals surface area contributed by atoms with E-state index >= 15 is 0 Å². The smallest absolute Gasteiger partial charge is 0.192 e. The van der Waals surface area contributed by atoms with E-state index in [2.05, 4.69) is 5.32 Å². The van der Waals surface area contributed by atoms with Gasteiger partial charge in [-0.1, -0.05) is 12.2 Å². The van der Waals surface area contributed by atoms with Crippen molar-refractivity contribution in [2.45, 2.75) is 6.10 Å². The molecule has 1 aliphatic heterocycles. The molecule has 0 saturated heterocycles. The van der Waals surface area contributed by atoms with Crippen molar-refractivity contribution in [1.82, 2.24) is 5.32 Å². The van der Waals surface area contributed by atoms with E-state index in [1.54, 1.807) is 0 Å². The highest BCUT2D eigenvalue weighted by Gasteiger charge is 2.22. The van der Waals surface area contributed by atoms with Crippen LogP contribution in [0.2, 0.25) is 0 Å². The number of thiocarbonyl (C=S) groups is 1. The average Bonchev–Trinajstić information content (AvgIpc) is 1.88. The van der Waals surface area contributed by atoms with Crippen LogP contribution in [0.3, 0.4) is 0 Å². The van der Waals surface area contributed by atoms with Gasteiger partial charge in [0.25, 0.3) is 0 Å². The minimum Gasteiger partial charge on any atom is -0.366 e. The molecule has 0 amide bonds. The van der Waals surface area contributed by atoms with E-state index in [1.807, 2.05) is 0 Å². The van der Waals surface area contributed by atoms with Gasteiger partial charge in [0.2, 0.25) is 0 Å². The molecule has 54 valence electrons. The summed E-state index contributed by atoms with van der Waals surface area (Å²) in [6, 6.07) is 0. The van der Waals surface area contributed by atoms with Gasteiger partial charge >= 0.3 is 0 Å². The lowest BCUT2D eigenvalue weighted by atomic mass is 10.2. The van der Waals surface area contributed by atoms with Crippen LogP contribution in [0, 0.1) is 0 Å². The van der Waals surface area contributed by atoms with Gasteiger partial charge in [-0.2, -0.15) is 0 Å². The number of ketones is 1. The summed E-state index contributed by atoms with van der Waals surface area (Å²) in [6.45, 7) is 0. The van der Waals surface area contributed by atoms with Crippen molar-refractivity contribution in [3.05, 3.63) is 12.3 Å². The Labute approximate surface area is 64.1 Å². The summed E-state index contributed by atoms with van der Waals surface area (Å²) in [6.07, 6.45) is 2.34.